The molecule has 0 amide bonds. The molecule has 2 rings (SSSR count). The summed E-state index contributed by atoms with van der Waals surface area (Å²) in [4.78, 5) is 0. The van der Waals surface area contributed by atoms with Gasteiger partial charge in [0, 0.05) is 22.5 Å². The first-order chi connectivity index (χ1) is 7.70. The third kappa shape index (κ3) is 2.42. The molecule has 0 atom stereocenters. The van der Waals surface area contributed by atoms with Gasteiger partial charge in [-0.1, -0.05) is 16.8 Å². The van der Waals surface area contributed by atoms with Gasteiger partial charge in [-0.05, 0) is 34.1 Å². The SMILES string of the molecule is OCCc1cn(-c2ccc(Cl)cc2Br)nn1. The van der Waals surface area contributed by atoms with Crippen molar-refractivity contribution in [2.75, 3.05) is 6.61 Å². The number of rotatable bonds is 3. The molecule has 0 radical (unpaired) electrons. The molecule has 84 valence electrons. The Hall–Kier alpha value is -0.910. The zero-order chi connectivity index (χ0) is 11.5. The average Bonchev–Trinajstić information content (AvgIpc) is 2.67. The van der Waals surface area contributed by atoms with E-state index < -0.39 is 0 Å². The molecule has 1 aromatic carbocycles. The molecule has 0 saturated carbocycles. The first-order valence-electron chi connectivity index (χ1n) is 4.68. The van der Waals surface area contributed by atoms with Gasteiger partial charge in [0.15, 0.2) is 0 Å². The largest absolute Gasteiger partial charge is 0.396 e. The number of hydrogen-bond acceptors (Lipinski definition) is 3. The summed E-state index contributed by atoms with van der Waals surface area (Å²) in [5, 5.41) is 17.4. The molecule has 0 unspecified atom stereocenters. The fraction of sp³-hybridized carbons (Fsp3) is 0.200. The molecule has 0 saturated heterocycles. The summed E-state index contributed by atoms with van der Waals surface area (Å²) in [5.41, 5.74) is 1.62. The molecule has 0 aliphatic heterocycles. The first kappa shape index (κ1) is 11.6. The zero-order valence-electron chi connectivity index (χ0n) is 8.27. The molecule has 6 heteroatoms. The maximum absolute atomic E-state index is 8.79. The second-order valence-electron chi connectivity index (χ2n) is 3.22. The van der Waals surface area contributed by atoms with E-state index in [0.717, 1.165) is 15.9 Å². The molecule has 1 aromatic heterocycles. The van der Waals surface area contributed by atoms with Crippen molar-refractivity contribution < 1.29 is 5.11 Å². The van der Waals surface area contributed by atoms with E-state index in [9.17, 15) is 0 Å². The van der Waals surface area contributed by atoms with E-state index in [-0.39, 0.29) is 6.61 Å². The van der Waals surface area contributed by atoms with E-state index in [4.69, 9.17) is 16.7 Å². The van der Waals surface area contributed by atoms with Crippen LogP contribution in [0.3, 0.4) is 0 Å². The van der Waals surface area contributed by atoms with Crippen LogP contribution in [0.4, 0.5) is 0 Å². The van der Waals surface area contributed by atoms with Gasteiger partial charge in [-0.25, -0.2) is 4.68 Å². The molecule has 16 heavy (non-hydrogen) atoms. The standard InChI is InChI=1S/C10H9BrClN3O/c11-9-5-7(12)1-2-10(9)15-6-8(3-4-16)13-14-15/h1-2,5-6,16H,3-4H2. The Morgan fingerprint density at radius 3 is 2.94 bits per heavy atom. The van der Waals surface area contributed by atoms with Crippen LogP contribution in [0.25, 0.3) is 5.69 Å². The van der Waals surface area contributed by atoms with Crippen molar-refractivity contribution in [2.24, 2.45) is 0 Å². The summed E-state index contributed by atoms with van der Waals surface area (Å²) < 4.78 is 2.49. The lowest BCUT2D eigenvalue weighted by Crippen LogP contribution is -1.95. The molecule has 0 bridgehead atoms. The molecule has 2 aromatic rings. The molecule has 0 aliphatic rings. The summed E-state index contributed by atoms with van der Waals surface area (Å²) in [6.07, 6.45) is 2.29. The Kier molecular flexibility index (Phi) is 3.58. The third-order valence-corrected chi connectivity index (χ3v) is 2.94. The van der Waals surface area contributed by atoms with Gasteiger partial charge in [-0.2, -0.15) is 0 Å². The van der Waals surface area contributed by atoms with Crippen LogP contribution in [-0.2, 0) is 6.42 Å². The van der Waals surface area contributed by atoms with Crippen molar-refractivity contribution >= 4 is 27.5 Å². The maximum Gasteiger partial charge on any atom is 0.0854 e. The Labute approximate surface area is 106 Å². The van der Waals surface area contributed by atoms with Crippen molar-refractivity contribution in [1.82, 2.24) is 15.0 Å². The van der Waals surface area contributed by atoms with Crippen molar-refractivity contribution in [2.45, 2.75) is 6.42 Å². The predicted octanol–water partition coefficient (Wildman–Crippen LogP) is 2.22. The van der Waals surface area contributed by atoms with Crippen LogP contribution in [0.15, 0.2) is 28.9 Å². The molecule has 1 heterocycles. The van der Waals surface area contributed by atoms with Gasteiger partial charge in [0.25, 0.3) is 0 Å². The Balaban J connectivity index is 2.35. The molecule has 1 N–H and O–H groups in total. The summed E-state index contributed by atoms with van der Waals surface area (Å²) in [5.74, 6) is 0. The third-order valence-electron chi connectivity index (χ3n) is 2.07. The smallest absolute Gasteiger partial charge is 0.0854 e. The van der Waals surface area contributed by atoms with Crippen LogP contribution in [-0.4, -0.2) is 26.7 Å². The lowest BCUT2D eigenvalue weighted by atomic mass is 10.3. The van der Waals surface area contributed by atoms with Crippen LogP contribution in [0.5, 0.6) is 0 Å². The van der Waals surface area contributed by atoms with Gasteiger partial charge >= 0.3 is 0 Å². The number of aliphatic hydroxyl groups excluding tert-OH is 1. The van der Waals surface area contributed by atoms with Crippen LogP contribution in [0, 0.1) is 0 Å². The summed E-state index contributed by atoms with van der Waals surface area (Å²) in [6.45, 7) is 0.0699. The van der Waals surface area contributed by atoms with Crippen LogP contribution in [0.2, 0.25) is 5.02 Å². The predicted molar refractivity (Wildman–Crippen MR) is 64.9 cm³/mol. The second-order valence-corrected chi connectivity index (χ2v) is 4.51. The molecular formula is C10H9BrClN3O. The van der Waals surface area contributed by atoms with E-state index in [1.54, 1.807) is 23.0 Å². The maximum atomic E-state index is 8.79. The van der Waals surface area contributed by atoms with Crippen molar-refractivity contribution in [1.29, 1.82) is 0 Å². The Morgan fingerprint density at radius 2 is 2.25 bits per heavy atom. The quantitative estimate of drug-likeness (QED) is 0.946. The number of aliphatic hydroxyl groups is 1. The summed E-state index contributed by atoms with van der Waals surface area (Å²) in [6, 6.07) is 5.43. The molecule has 0 aliphatic carbocycles. The Morgan fingerprint density at radius 1 is 1.44 bits per heavy atom. The van der Waals surface area contributed by atoms with Gasteiger partial charge in [0.1, 0.15) is 0 Å². The van der Waals surface area contributed by atoms with E-state index in [1.807, 2.05) is 6.07 Å². The molecule has 4 nitrogen and oxygen atoms in total. The summed E-state index contributed by atoms with van der Waals surface area (Å²) in [7, 11) is 0. The van der Waals surface area contributed by atoms with E-state index in [1.165, 1.54) is 0 Å². The highest BCUT2D eigenvalue weighted by Gasteiger charge is 2.06. The van der Waals surface area contributed by atoms with Gasteiger partial charge in [0.05, 0.1) is 17.6 Å². The van der Waals surface area contributed by atoms with E-state index >= 15 is 0 Å². The summed E-state index contributed by atoms with van der Waals surface area (Å²) >= 11 is 9.26. The number of halogens is 2. The minimum atomic E-state index is 0.0699. The fourth-order valence-electron chi connectivity index (χ4n) is 1.31. The monoisotopic (exact) mass is 301 g/mol. The topological polar surface area (TPSA) is 50.9 Å². The number of hydrogen-bond donors (Lipinski definition) is 1. The average molecular weight is 303 g/mol. The lowest BCUT2D eigenvalue weighted by molar-refractivity contribution is 0.298. The minimum absolute atomic E-state index is 0.0699. The highest BCUT2D eigenvalue weighted by molar-refractivity contribution is 9.10. The van der Waals surface area contributed by atoms with Crippen molar-refractivity contribution in [3.63, 3.8) is 0 Å². The number of aromatic nitrogens is 3. The van der Waals surface area contributed by atoms with Crippen LogP contribution >= 0.6 is 27.5 Å². The van der Waals surface area contributed by atoms with E-state index in [0.29, 0.717) is 11.4 Å². The van der Waals surface area contributed by atoms with Gasteiger partial charge < -0.3 is 5.11 Å². The van der Waals surface area contributed by atoms with Gasteiger partial charge in [-0.3, -0.25) is 0 Å². The normalized spacial score (nSPS) is 10.7. The fourth-order valence-corrected chi connectivity index (χ4v) is 2.18. The van der Waals surface area contributed by atoms with Crippen molar-refractivity contribution in [3.8, 4) is 5.69 Å². The molecular weight excluding hydrogens is 293 g/mol. The first-order valence-corrected chi connectivity index (χ1v) is 5.85. The van der Waals surface area contributed by atoms with Gasteiger partial charge in [-0.15, -0.1) is 5.10 Å². The highest BCUT2D eigenvalue weighted by Crippen LogP contribution is 2.24. The Bertz CT molecular complexity index is 501. The number of benzene rings is 1. The van der Waals surface area contributed by atoms with E-state index in [2.05, 4.69) is 26.2 Å². The second kappa shape index (κ2) is 4.95. The highest BCUT2D eigenvalue weighted by atomic mass is 79.9. The molecule has 0 fully saturated rings. The van der Waals surface area contributed by atoms with Gasteiger partial charge in [0.2, 0.25) is 0 Å². The van der Waals surface area contributed by atoms with Crippen LogP contribution in [0.1, 0.15) is 5.69 Å². The lowest BCUT2D eigenvalue weighted by Gasteiger charge is -2.03. The number of nitrogens with zero attached hydrogens (tertiary/aromatic N) is 3. The molecule has 0 spiro atoms. The van der Waals surface area contributed by atoms with Crippen molar-refractivity contribution in [3.05, 3.63) is 39.6 Å². The van der Waals surface area contributed by atoms with Crippen LogP contribution < -0.4 is 0 Å². The zero-order valence-corrected chi connectivity index (χ0v) is 10.6. The minimum Gasteiger partial charge on any atom is -0.396 e.